The molecule has 0 radical (unpaired) electrons. The van der Waals surface area contributed by atoms with Gasteiger partial charge in [-0.25, -0.2) is 4.39 Å². The van der Waals surface area contributed by atoms with Gasteiger partial charge in [0.05, 0.1) is 5.02 Å². The van der Waals surface area contributed by atoms with Gasteiger partial charge in [-0.1, -0.05) is 93.6 Å². The number of aryl methyl sites for hydroxylation is 1. The van der Waals surface area contributed by atoms with Crippen LogP contribution in [-0.2, 0) is 6.42 Å². The Balaban J connectivity index is 1.74. The van der Waals surface area contributed by atoms with Gasteiger partial charge in [-0.15, -0.1) is 0 Å². The molecule has 2 aromatic carbocycles. The number of halogens is 2. The molecule has 2 heteroatoms. The first-order valence-corrected chi connectivity index (χ1v) is 11.3. The van der Waals surface area contributed by atoms with E-state index in [1.165, 1.54) is 36.8 Å². The summed E-state index contributed by atoms with van der Waals surface area (Å²) < 4.78 is 14.7. The third-order valence-corrected chi connectivity index (χ3v) is 6.36. The van der Waals surface area contributed by atoms with Gasteiger partial charge in [-0.3, -0.25) is 0 Å². The summed E-state index contributed by atoms with van der Waals surface area (Å²) in [5, 5.41) is 0.251. The molecule has 1 unspecified atom stereocenters. The normalized spacial score (nSPS) is 16.9. The van der Waals surface area contributed by atoms with E-state index in [1.54, 1.807) is 0 Å². The Kier molecular flexibility index (Phi) is 7.73. The molecule has 0 aliphatic heterocycles. The van der Waals surface area contributed by atoms with Crippen LogP contribution < -0.4 is 0 Å². The van der Waals surface area contributed by atoms with Crippen LogP contribution in [0.15, 0.2) is 42.5 Å². The second kappa shape index (κ2) is 10.3. The minimum atomic E-state index is -0.253. The average Bonchev–Trinajstić information content (AvgIpc) is 2.72. The van der Waals surface area contributed by atoms with Gasteiger partial charge in [-0.05, 0) is 60.3 Å². The number of hydrogen-bond donors (Lipinski definition) is 0. The Bertz CT molecular complexity index is 804. The molecule has 3 rings (SSSR count). The van der Waals surface area contributed by atoms with Crippen molar-refractivity contribution in [1.82, 2.24) is 0 Å². The molecule has 0 spiro atoms. The molecule has 28 heavy (non-hydrogen) atoms. The number of benzene rings is 2. The molecule has 2 aromatic rings. The molecule has 0 bridgehead atoms. The van der Waals surface area contributed by atoms with Crippen molar-refractivity contribution >= 4 is 17.2 Å². The van der Waals surface area contributed by atoms with Gasteiger partial charge in [-0.2, -0.15) is 0 Å². The van der Waals surface area contributed by atoms with Crippen molar-refractivity contribution in [1.29, 1.82) is 0 Å². The Hall–Kier alpha value is -1.60. The number of rotatable bonds is 8. The maximum absolute atomic E-state index is 14.7. The van der Waals surface area contributed by atoms with Gasteiger partial charge in [0.2, 0.25) is 0 Å². The minimum Gasteiger partial charge on any atom is -0.205 e. The lowest BCUT2D eigenvalue weighted by atomic mass is 9.84. The largest absolute Gasteiger partial charge is 0.205 e. The molecule has 150 valence electrons. The highest BCUT2D eigenvalue weighted by Gasteiger charge is 2.16. The highest BCUT2D eigenvalue weighted by Crippen LogP contribution is 2.35. The van der Waals surface area contributed by atoms with Crippen LogP contribution in [0.1, 0.15) is 76.3 Å². The van der Waals surface area contributed by atoms with E-state index in [2.05, 4.69) is 44.2 Å². The quantitative estimate of drug-likeness (QED) is 0.389. The van der Waals surface area contributed by atoms with Crippen molar-refractivity contribution in [2.75, 3.05) is 0 Å². The second-order valence-electron chi connectivity index (χ2n) is 8.09. The zero-order valence-electron chi connectivity index (χ0n) is 17.2. The smallest absolute Gasteiger partial charge is 0.145 e. The first-order chi connectivity index (χ1) is 13.6. The standard InChI is InChI=1S/C26H32ClF/c1-3-5-6-8-23-17-18-24(25(27)26(23)28)22-15-13-21(14-16-22)20-11-9-19(7-4-2)10-12-20/h11,13-19H,3-10,12H2,1-2H3. The molecule has 0 amide bonds. The van der Waals surface area contributed by atoms with Gasteiger partial charge >= 0.3 is 0 Å². The predicted molar refractivity (Wildman–Crippen MR) is 120 cm³/mol. The number of hydrogen-bond acceptors (Lipinski definition) is 0. The summed E-state index contributed by atoms with van der Waals surface area (Å²) in [4.78, 5) is 0. The van der Waals surface area contributed by atoms with E-state index in [-0.39, 0.29) is 10.8 Å². The highest BCUT2D eigenvalue weighted by molar-refractivity contribution is 6.33. The Morgan fingerprint density at radius 1 is 0.964 bits per heavy atom. The van der Waals surface area contributed by atoms with Crippen molar-refractivity contribution in [3.63, 3.8) is 0 Å². The molecular formula is C26H32ClF. The predicted octanol–water partition coefficient (Wildman–Crippen LogP) is 8.86. The molecule has 0 heterocycles. The third kappa shape index (κ3) is 5.06. The van der Waals surface area contributed by atoms with Crippen molar-refractivity contribution < 1.29 is 4.39 Å². The van der Waals surface area contributed by atoms with E-state index in [4.69, 9.17) is 11.6 Å². The molecule has 1 aliphatic rings. The fourth-order valence-electron chi connectivity index (χ4n) is 4.26. The summed E-state index contributed by atoms with van der Waals surface area (Å²) >= 11 is 6.39. The second-order valence-corrected chi connectivity index (χ2v) is 8.47. The molecule has 0 saturated heterocycles. The van der Waals surface area contributed by atoms with E-state index in [9.17, 15) is 4.39 Å². The van der Waals surface area contributed by atoms with Crippen LogP contribution in [0.2, 0.25) is 5.02 Å². The van der Waals surface area contributed by atoms with Crippen LogP contribution in [-0.4, -0.2) is 0 Å². The van der Waals surface area contributed by atoms with E-state index >= 15 is 0 Å². The van der Waals surface area contributed by atoms with E-state index in [0.717, 1.165) is 54.7 Å². The van der Waals surface area contributed by atoms with Crippen molar-refractivity contribution in [3.05, 3.63) is 64.4 Å². The highest BCUT2D eigenvalue weighted by atomic mass is 35.5. The van der Waals surface area contributed by atoms with Crippen molar-refractivity contribution in [3.8, 4) is 11.1 Å². The summed E-state index contributed by atoms with van der Waals surface area (Å²) in [6.07, 6.45) is 12.7. The Labute approximate surface area is 174 Å². The zero-order valence-corrected chi connectivity index (χ0v) is 18.0. The van der Waals surface area contributed by atoms with Crippen LogP contribution in [0.25, 0.3) is 16.7 Å². The molecule has 1 aliphatic carbocycles. The lowest BCUT2D eigenvalue weighted by molar-refractivity contribution is 0.445. The maximum atomic E-state index is 14.7. The Morgan fingerprint density at radius 2 is 1.71 bits per heavy atom. The fourth-order valence-corrected chi connectivity index (χ4v) is 4.55. The van der Waals surface area contributed by atoms with Crippen LogP contribution in [0.3, 0.4) is 0 Å². The maximum Gasteiger partial charge on any atom is 0.145 e. The lowest BCUT2D eigenvalue weighted by Gasteiger charge is -2.21. The lowest BCUT2D eigenvalue weighted by Crippen LogP contribution is -2.05. The first kappa shape index (κ1) is 21.1. The first-order valence-electron chi connectivity index (χ1n) is 10.9. The van der Waals surface area contributed by atoms with Gasteiger partial charge in [0.15, 0.2) is 0 Å². The Morgan fingerprint density at radius 3 is 2.36 bits per heavy atom. The third-order valence-electron chi connectivity index (χ3n) is 6.00. The fraction of sp³-hybridized carbons (Fsp3) is 0.462. The summed E-state index contributed by atoms with van der Waals surface area (Å²) in [5.74, 6) is 0.599. The summed E-state index contributed by atoms with van der Waals surface area (Å²) in [5.41, 5.74) is 5.22. The van der Waals surface area contributed by atoms with Gasteiger partial charge in [0.25, 0.3) is 0 Å². The van der Waals surface area contributed by atoms with Crippen molar-refractivity contribution in [2.45, 2.75) is 71.6 Å². The van der Waals surface area contributed by atoms with Gasteiger partial charge < -0.3 is 0 Å². The molecule has 0 saturated carbocycles. The van der Waals surface area contributed by atoms with E-state index < -0.39 is 0 Å². The van der Waals surface area contributed by atoms with Gasteiger partial charge in [0.1, 0.15) is 5.82 Å². The molecule has 1 atom stereocenters. The number of unbranched alkanes of at least 4 members (excludes halogenated alkanes) is 2. The molecule has 0 N–H and O–H groups in total. The summed E-state index contributed by atoms with van der Waals surface area (Å²) in [6, 6.07) is 12.3. The molecule has 0 aromatic heterocycles. The zero-order chi connectivity index (χ0) is 19.9. The molecule has 0 fully saturated rings. The SMILES string of the molecule is CCCCCc1ccc(-c2ccc(C3=CCC(CCC)CC3)cc2)c(Cl)c1F. The number of allylic oxidation sites excluding steroid dienone is 2. The topological polar surface area (TPSA) is 0 Å². The summed E-state index contributed by atoms with van der Waals surface area (Å²) in [6.45, 7) is 4.42. The van der Waals surface area contributed by atoms with Crippen molar-refractivity contribution in [2.24, 2.45) is 5.92 Å². The summed E-state index contributed by atoms with van der Waals surface area (Å²) in [7, 11) is 0. The average molecular weight is 399 g/mol. The van der Waals surface area contributed by atoms with Crippen LogP contribution >= 0.6 is 11.6 Å². The molecular weight excluding hydrogens is 367 g/mol. The monoisotopic (exact) mass is 398 g/mol. The van der Waals surface area contributed by atoms with Crippen LogP contribution in [0, 0.1) is 11.7 Å². The van der Waals surface area contributed by atoms with Gasteiger partial charge in [0, 0.05) is 5.56 Å². The van der Waals surface area contributed by atoms with E-state index in [0.29, 0.717) is 0 Å². The van der Waals surface area contributed by atoms with E-state index in [1.807, 2.05) is 12.1 Å². The van der Waals surface area contributed by atoms with Crippen LogP contribution in [0.4, 0.5) is 4.39 Å². The molecule has 0 nitrogen and oxygen atoms in total. The minimum absolute atomic E-state index is 0.251. The van der Waals surface area contributed by atoms with Crippen LogP contribution in [0.5, 0.6) is 0 Å².